The van der Waals surface area contributed by atoms with Gasteiger partial charge >= 0.3 is 0 Å². The highest BCUT2D eigenvalue weighted by Gasteiger charge is 2.41. The Labute approximate surface area is 134 Å². The third kappa shape index (κ3) is 3.58. The minimum Gasteiger partial charge on any atom is -0.357 e. The van der Waals surface area contributed by atoms with Crippen LogP contribution < -0.4 is 5.32 Å². The maximum atomic E-state index is 11.6. The van der Waals surface area contributed by atoms with Crippen molar-refractivity contribution in [3.8, 4) is 0 Å². The van der Waals surface area contributed by atoms with Crippen molar-refractivity contribution in [3.63, 3.8) is 0 Å². The number of rotatable bonds is 3. The highest BCUT2D eigenvalue weighted by Crippen LogP contribution is 2.45. The Kier molecular flexibility index (Phi) is 4.67. The van der Waals surface area contributed by atoms with E-state index in [-0.39, 0.29) is 5.92 Å². The Morgan fingerprint density at radius 3 is 2.73 bits per heavy atom. The molecule has 3 aliphatic rings. The van der Waals surface area contributed by atoms with E-state index < -0.39 is 9.84 Å². The zero-order chi connectivity index (χ0) is 15.6. The van der Waals surface area contributed by atoms with Gasteiger partial charge in [-0.15, -0.1) is 0 Å². The molecule has 1 atom stereocenters. The van der Waals surface area contributed by atoms with E-state index in [4.69, 9.17) is 4.99 Å². The summed E-state index contributed by atoms with van der Waals surface area (Å²) in [6.07, 6.45) is 7.54. The average Bonchev–Trinajstić information content (AvgIpc) is 3.18. The minimum atomic E-state index is -2.80. The van der Waals surface area contributed by atoms with E-state index in [0.29, 0.717) is 23.5 Å². The zero-order valence-electron chi connectivity index (χ0n) is 13.7. The molecule has 1 saturated carbocycles. The molecule has 0 radical (unpaired) electrons. The van der Waals surface area contributed by atoms with Gasteiger partial charge in [-0.3, -0.25) is 4.99 Å². The summed E-state index contributed by atoms with van der Waals surface area (Å²) in [5.41, 5.74) is 0.535. The predicted octanol–water partition coefficient (Wildman–Crippen LogP) is 1.65. The van der Waals surface area contributed by atoms with Crippen LogP contribution in [0.15, 0.2) is 4.99 Å². The number of likely N-dealkylation sites (tertiary alicyclic amines) is 1. The van der Waals surface area contributed by atoms with Crippen molar-refractivity contribution in [1.29, 1.82) is 0 Å². The Morgan fingerprint density at radius 1 is 1.32 bits per heavy atom. The lowest BCUT2D eigenvalue weighted by atomic mass is 9.86. The van der Waals surface area contributed by atoms with Crippen molar-refractivity contribution in [3.05, 3.63) is 0 Å². The summed E-state index contributed by atoms with van der Waals surface area (Å²) in [4.78, 5) is 7.17. The molecule has 2 heterocycles. The second-order valence-corrected chi connectivity index (χ2v) is 9.57. The molecule has 1 N–H and O–H groups in total. The van der Waals surface area contributed by atoms with Gasteiger partial charge in [-0.1, -0.05) is 12.8 Å². The van der Waals surface area contributed by atoms with Gasteiger partial charge in [-0.25, -0.2) is 8.42 Å². The molecule has 0 aromatic carbocycles. The molecule has 3 fully saturated rings. The predicted molar refractivity (Wildman–Crippen MR) is 89.8 cm³/mol. The quantitative estimate of drug-likeness (QED) is 0.632. The van der Waals surface area contributed by atoms with Crippen LogP contribution in [0.5, 0.6) is 0 Å². The second-order valence-electron chi connectivity index (χ2n) is 7.34. The Balaban J connectivity index is 1.61. The molecule has 2 saturated heterocycles. The molecule has 3 rings (SSSR count). The Bertz CT molecular complexity index is 524. The molecule has 22 heavy (non-hydrogen) atoms. The van der Waals surface area contributed by atoms with E-state index in [0.717, 1.165) is 32.0 Å². The van der Waals surface area contributed by atoms with Crippen molar-refractivity contribution >= 4 is 15.8 Å². The molecule has 126 valence electrons. The summed E-state index contributed by atoms with van der Waals surface area (Å²) in [5.74, 6) is 1.87. The fraction of sp³-hybridized carbons (Fsp3) is 0.938. The van der Waals surface area contributed by atoms with E-state index in [1.165, 1.54) is 32.1 Å². The second kappa shape index (κ2) is 6.38. The largest absolute Gasteiger partial charge is 0.357 e. The molecule has 0 aromatic rings. The monoisotopic (exact) mass is 327 g/mol. The average molecular weight is 327 g/mol. The molecule has 2 aliphatic heterocycles. The summed E-state index contributed by atoms with van der Waals surface area (Å²) >= 11 is 0. The number of hydrogen-bond donors (Lipinski definition) is 1. The number of guanidine groups is 1. The van der Waals surface area contributed by atoms with Crippen LogP contribution in [0.1, 0.15) is 45.4 Å². The third-order valence-corrected chi connectivity index (χ3v) is 7.40. The molecule has 1 aliphatic carbocycles. The molecular weight excluding hydrogens is 298 g/mol. The molecule has 0 amide bonds. The summed E-state index contributed by atoms with van der Waals surface area (Å²) in [6, 6.07) is 0. The van der Waals surface area contributed by atoms with E-state index >= 15 is 0 Å². The van der Waals surface area contributed by atoms with E-state index in [9.17, 15) is 8.42 Å². The first kappa shape index (κ1) is 16.1. The fourth-order valence-corrected chi connectivity index (χ4v) is 6.16. The van der Waals surface area contributed by atoms with Crippen molar-refractivity contribution in [2.45, 2.75) is 45.4 Å². The van der Waals surface area contributed by atoms with Gasteiger partial charge in [0.2, 0.25) is 0 Å². The van der Waals surface area contributed by atoms with Gasteiger partial charge < -0.3 is 10.2 Å². The molecular formula is C16H29N3O2S. The van der Waals surface area contributed by atoms with Gasteiger partial charge in [0.25, 0.3) is 0 Å². The lowest BCUT2D eigenvalue weighted by Gasteiger charge is -2.26. The van der Waals surface area contributed by atoms with Gasteiger partial charge in [0.05, 0.1) is 11.5 Å². The van der Waals surface area contributed by atoms with E-state index in [2.05, 4.69) is 17.1 Å². The van der Waals surface area contributed by atoms with Gasteiger partial charge in [0, 0.05) is 26.2 Å². The van der Waals surface area contributed by atoms with Crippen LogP contribution in [0.3, 0.4) is 0 Å². The number of nitrogens with one attached hydrogen (secondary N) is 1. The van der Waals surface area contributed by atoms with Crippen LogP contribution in [0.2, 0.25) is 0 Å². The molecule has 5 nitrogen and oxygen atoms in total. The molecule has 1 unspecified atom stereocenters. The van der Waals surface area contributed by atoms with Crippen LogP contribution >= 0.6 is 0 Å². The SMILES string of the molecule is CCNC(=NCC1CCS(=O)(=O)C1)N1CCC2(CCCC2)C1. The number of aliphatic imine (C=N–C) groups is 1. The highest BCUT2D eigenvalue weighted by atomic mass is 32.2. The normalized spacial score (nSPS) is 30.3. The fourth-order valence-electron chi connectivity index (χ4n) is 4.31. The van der Waals surface area contributed by atoms with E-state index in [1.807, 2.05) is 0 Å². The number of nitrogens with zero attached hydrogens (tertiary/aromatic N) is 2. The Hall–Kier alpha value is -0.780. The molecule has 0 bridgehead atoms. The van der Waals surface area contributed by atoms with Crippen LogP contribution in [-0.2, 0) is 9.84 Å². The Morgan fingerprint density at radius 2 is 2.09 bits per heavy atom. The van der Waals surface area contributed by atoms with Crippen molar-refractivity contribution in [1.82, 2.24) is 10.2 Å². The summed E-state index contributed by atoms with van der Waals surface area (Å²) < 4.78 is 23.1. The smallest absolute Gasteiger partial charge is 0.193 e. The van der Waals surface area contributed by atoms with Crippen LogP contribution in [0.25, 0.3) is 0 Å². The summed E-state index contributed by atoms with van der Waals surface area (Å²) in [5, 5.41) is 3.40. The lowest BCUT2D eigenvalue weighted by Crippen LogP contribution is -2.41. The van der Waals surface area contributed by atoms with Crippen molar-refractivity contribution in [2.75, 3.05) is 37.7 Å². The maximum absolute atomic E-state index is 11.6. The van der Waals surface area contributed by atoms with Gasteiger partial charge in [-0.2, -0.15) is 0 Å². The zero-order valence-corrected chi connectivity index (χ0v) is 14.5. The van der Waals surface area contributed by atoms with Crippen LogP contribution in [-0.4, -0.2) is 57.0 Å². The number of sulfone groups is 1. The highest BCUT2D eigenvalue weighted by molar-refractivity contribution is 7.91. The van der Waals surface area contributed by atoms with Gasteiger partial charge in [-0.05, 0) is 43.9 Å². The van der Waals surface area contributed by atoms with Crippen LogP contribution in [0.4, 0.5) is 0 Å². The third-order valence-electron chi connectivity index (χ3n) is 5.56. The first-order valence-electron chi connectivity index (χ1n) is 8.76. The van der Waals surface area contributed by atoms with Crippen molar-refractivity contribution < 1.29 is 8.42 Å². The molecule has 0 aromatic heterocycles. The van der Waals surface area contributed by atoms with Gasteiger partial charge in [0.1, 0.15) is 0 Å². The number of hydrogen-bond acceptors (Lipinski definition) is 3. The van der Waals surface area contributed by atoms with Crippen LogP contribution in [0, 0.1) is 11.3 Å². The summed E-state index contributed by atoms with van der Waals surface area (Å²) in [7, 11) is -2.80. The molecule has 1 spiro atoms. The standard InChI is InChI=1S/C16H29N3O2S/c1-2-17-15(18-11-14-5-10-22(20,21)12-14)19-9-8-16(13-19)6-3-4-7-16/h14H,2-13H2,1H3,(H,17,18). The maximum Gasteiger partial charge on any atom is 0.193 e. The minimum absolute atomic E-state index is 0.210. The van der Waals surface area contributed by atoms with Gasteiger partial charge in [0.15, 0.2) is 15.8 Å². The van der Waals surface area contributed by atoms with Crippen molar-refractivity contribution in [2.24, 2.45) is 16.3 Å². The first-order valence-corrected chi connectivity index (χ1v) is 10.6. The topological polar surface area (TPSA) is 61.8 Å². The lowest BCUT2D eigenvalue weighted by molar-refractivity contribution is 0.309. The van der Waals surface area contributed by atoms with E-state index in [1.54, 1.807) is 0 Å². The summed E-state index contributed by atoms with van der Waals surface area (Å²) in [6.45, 7) is 5.82. The first-order chi connectivity index (χ1) is 10.5. The molecule has 6 heteroatoms.